The van der Waals surface area contributed by atoms with Crippen LogP contribution in [0.4, 0.5) is 5.95 Å². The van der Waals surface area contributed by atoms with Crippen molar-refractivity contribution in [3.05, 3.63) is 11.9 Å². The molecule has 114 valence electrons. The Morgan fingerprint density at radius 1 is 1.30 bits per heavy atom. The van der Waals surface area contributed by atoms with Crippen LogP contribution in [0, 0.1) is 6.92 Å². The van der Waals surface area contributed by atoms with Crippen molar-refractivity contribution in [1.82, 2.24) is 9.55 Å². The van der Waals surface area contributed by atoms with Gasteiger partial charge in [0, 0.05) is 18.3 Å². The third kappa shape index (κ3) is 4.26. The average molecular weight is 277 g/mol. The Kier molecular flexibility index (Phi) is 5.93. The van der Waals surface area contributed by atoms with Crippen LogP contribution in [-0.4, -0.2) is 15.6 Å². The van der Waals surface area contributed by atoms with Crippen molar-refractivity contribution >= 4 is 5.95 Å². The fourth-order valence-corrected chi connectivity index (χ4v) is 3.25. The Morgan fingerprint density at radius 2 is 2.05 bits per heavy atom. The van der Waals surface area contributed by atoms with E-state index >= 15 is 0 Å². The van der Waals surface area contributed by atoms with Crippen molar-refractivity contribution < 1.29 is 0 Å². The molecular formula is C17H31N3. The molecule has 1 heterocycles. The summed E-state index contributed by atoms with van der Waals surface area (Å²) in [5.74, 6) is 1.10. The number of imidazole rings is 1. The number of anilines is 1. The monoisotopic (exact) mass is 277 g/mol. The van der Waals surface area contributed by atoms with Crippen molar-refractivity contribution in [1.29, 1.82) is 0 Å². The lowest BCUT2D eigenvalue weighted by Crippen LogP contribution is -2.21. The Labute approximate surface area is 124 Å². The van der Waals surface area contributed by atoms with Crippen LogP contribution in [-0.2, 0) is 0 Å². The molecule has 20 heavy (non-hydrogen) atoms. The Bertz CT molecular complexity index is 391. The number of aryl methyl sites for hydroxylation is 1. The predicted molar refractivity (Wildman–Crippen MR) is 86.3 cm³/mol. The molecule has 1 saturated carbocycles. The number of nitrogens with zero attached hydrogens (tertiary/aromatic N) is 2. The summed E-state index contributed by atoms with van der Waals surface area (Å²) < 4.78 is 2.41. The molecule has 1 aromatic rings. The lowest BCUT2D eigenvalue weighted by atomic mass is 9.95. The van der Waals surface area contributed by atoms with Gasteiger partial charge in [0.15, 0.2) is 0 Å². The van der Waals surface area contributed by atoms with Gasteiger partial charge in [-0.3, -0.25) is 0 Å². The third-order valence-electron chi connectivity index (χ3n) is 4.44. The maximum atomic E-state index is 4.71. The lowest BCUT2D eigenvalue weighted by Gasteiger charge is -2.26. The fraction of sp³-hybridized carbons (Fsp3) is 0.824. The van der Waals surface area contributed by atoms with Gasteiger partial charge in [-0.15, -0.1) is 0 Å². The summed E-state index contributed by atoms with van der Waals surface area (Å²) in [5.41, 5.74) is 1.14. The minimum Gasteiger partial charge on any atom is -0.353 e. The number of hydrogen-bond acceptors (Lipinski definition) is 2. The van der Waals surface area contributed by atoms with Crippen molar-refractivity contribution in [3.8, 4) is 0 Å². The van der Waals surface area contributed by atoms with E-state index in [1.54, 1.807) is 0 Å². The smallest absolute Gasteiger partial charge is 0.203 e. The van der Waals surface area contributed by atoms with E-state index in [0.29, 0.717) is 12.1 Å². The van der Waals surface area contributed by atoms with Gasteiger partial charge in [0.05, 0.1) is 5.69 Å². The molecule has 0 bridgehead atoms. The van der Waals surface area contributed by atoms with Crippen molar-refractivity contribution in [3.63, 3.8) is 0 Å². The second-order valence-electron chi connectivity index (χ2n) is 6.45. The molecule has 1 aliphatic carbocycles. The quantitative estimate of drug-likeness (QED) is 0.704. The standard InChI is InChI=1S/C17H31N3/c1-4-5-7-10-14(2)18-17-19-15(3)13-20(17)16-11-8-6-9-12-16/h13-14,16H,4-12H2,1-3H3,(H,18,19). The van der Waals surface area contributed by atoms with Crippen LogP contribution in [0.5, 0.6) is 0 Å². The normalized spacial score (nSPS) is 18.1. The maximum absolute atomic E-state index is 4.71. The fourth-order valence-electron chi connectivity index (χ4n) is 3.25. The second-order valence-corrected chi connectivity index (χ2v) is 6.45. The molecule has 1 aliphatic rings. The highest BCUT2D eigenvalue weighted by Gasteiger charge is 2.19. The molecule has 1 atom stereocenters. The van der Waals surface area contributed by atoms with Crippen LogP contribution in [0.3, 0.4) is 0 Å². The van der Waals surface area contributed by atoms with E-state index in [2.05, 4.69) is 36.9 Å². The zero-order valence-electron chi connectivity index (χ0n) is 13.5. The van der Waals surface area contributed by atoms with Crippen molar-refractivity contribution in [2.75, 3.05) is 5.32 Å². The molecule has 1 N–H and O–H groups in total. The molecule has 3 heteroatoms. The first kappa shape index (κ1) is 15.4. The number of aromatic nitrogens is 2. The van der Waals surface area contributed by atoms with Crippen LogP contribution >= 0.6 is 0 Å². The molecule has 0 spiro atoms. The summed E-state index contributed by atoms with van der Waals surface area (Å²) in [6.45, 7) is 6.65. The van der Waals surface area contributed by atoms with Crippen molar-refractivity contribution in [2.45, 2.75) is 90.6 Å². The van der Waals surface area contributed by atoms with Gasteiger partial charge in [0.1, 0.15) is 0 Å². The van der Waals surface area contributed by atoms with Crippen LogP contribution in [0.1, 0.15) is 83.4 Å². The molecule has 3 nitrogen and oxygen atoms in total. The summed E-state index contributed by atoms with van der Waals surface area (Å²) in [6.07, 6.45) is 14.2. The van der Waals surface area contributed by atoms with E-state index in [4.69, 9.17) is 4.98 Å². The number of rotatable bonds is 7. The van der Waals surface area contributed by atoms with Gasteiger partial charge in [-0.1, -0.05) is 45.4 Å². The largest absolute Gasteiger partial charge is 0.353 e. The van der Waals surface area contributed by atoms with E-state index in [1.807, 2.05) is 0 Å². The lowest BCUT2D eigenvalue weighted by molar-refractivity contribution is 0.355. The Balaban J connectivity index is 1.96. The highest BCUT2D eigenvalue weighted by atomic mass is 15.2. The molecule has 1 fully saturated rings. The third-order valence-corrected chi connectivity index (χ3v) is 4.44. The van der Waals surface area contributed by atoms with Gasteiger partial charge < -0.3 is 9.88 Å². The number of nitrogens with one attached hydrogen (secondary N) is 1. The van der Waals surface area contributed by atoms with E-state index in [1.165, 1.54) is 57.8 Å². The first-order valence-corrected chi connectivity index (χ1v) is 8.52. The van der Waals surface area contributed by atoms with Crippen LogP contribution in [0.15, 0.2) is 6.20 Å². The van der Waals surface area contributed by atoms with Crippen LogP contribution in [0.2, 0.25) is 0 Å². The molecule has 2 rings (SSSR count). The highest BCUT2D eigenvalue weighted by Crippen LogP contribution is 2.31. The summed E-state index contributed by atoms with van der Waals surface area (Å²) in [4.78, 5) is 4.71. The van der Waals surface area contributed by atoms with Crippen LogP contribution in [0.25, 0.3) is 0 Å². The van der Waals surface area contributed by atoms with Gasteiger partial charge >= 0.3 is 0 Å². The Morgan fingerprint density at radius 3 is 2.75 bits per heavy atom. The molecule has 1 aromatic heterocycles. The summed E-state index contributed by atoms with van der Waals surface area (Å²) in [6, 6.07) is 1.18. The predicted octanol–water partition coefficient (Wildman–Crippen LogP) is 5.08. The van der Waals surface area contributed by atoms with E-state index in [0.717, 1.165) is 11.6 Å². The van der Waals surface area contributed by atoms with E-state index in [-0.39, 0.29) is 0 Å². The summed E-state index contributed by atoms with van der Waals surface area (Å²) in [7, 11) is 0. The molecule has 0 aliphatic heterocycles. The van der Waals surface area contributed by atoms with Gasteiger partial charge in [-0.2, -0.15) is 0 Å². The molecule has 0 saturated heterocycles. The van der Waals surface area contributed by atoms with Gasteiger partial charge in [-0.25, -0.2) is 4.98 Å². The number of hydrogen-bond donors (Lipinski definition) is 1. The number of unbranched alkanes of at least 4 members (excludes halogenated alkanes) is 2. The molecular weight excluding hydrogens is 246 g/mol. The van der Waals surface area contributed by atoms with E-state index in [9.17, 15) is 0 Å². The zero-order valence-corrected chi connectivity index (χ0v) is 13.5. The average Bonchev–Trinajstić information content (AvgIpc) is 2.81. The first-order chi connectivity index (χ1) is 9.70. The minimum absolute atomic E-state index is 0.519. The summed E-state index contributed by atoms with van der Waals surface area (Å²) >= 11 is 0. The molecule has 1 unspecified atom stereocenters. The van der Waals surface area contributed by atoms with E-state index < -0.39 is 0 Å². The second kappa shape index (κ2) is 7.70. The Hall–Kier alpha value is -0.990. The zero-order chi connectivity index (χ0) is 14.4. The first-order valence-electron chi connectivity index (χ1n) is 8.52. The molecule has 0 amide bonds. The van der Waals surface area contributed by atoms with Crippen molar-refractivity contribution in [2.24, 2.45) is 0 Å². The molecule has 0 radical (unpaired) electrons. The van der Waals surface area contributed by atoms with Gasteiger partial charge in [0.25, 0.3) is 0 Å². The maximum Gasteiger partial charge on any atom is 0.203 e. The van der Waals surface area contributed by atoms with Gasteiger partial charge in [0.2, 0.25) is 5.95 Å². The summed E-state index contributed by atoms with van der Waals surface area (Å²) in [5, 5.41) is 3.64. The minimum atomic E-state index is 0.519. The van der Waals surface area contributed by atoms with Gasteiger partial charge in [-0.05, 0) is 33.1 Å². The van der Waals surface area contributed by atoms with Crippen LogP contribution < -0.4 is 5.32 Å². The highest BCUT2D eigenvalue weighted by molar-refractivity contribution is 5.31. The topological polar surface area (TPSA) is 29.9 Å². The SMILES string of the molecule is CCCCCC(C)Nc1nc(C)cn1C1CCCCC1. The molecule has 0 aromatic carbocycles.